The lowest BCUT2D eigenvalue weighted by Crippen LogP contribution is -2.20. The van der Waals surface area contributed by atoms with E-state index >= 15 is 0 Å². The molecule has 0 unspecified atom stereocenters. The molecule has 0 saturated carbocycles. The van der Waals surface area contributed by atoms with E-state index in [0.717, 1.165) is 10.0 Å². The highest BCUT2D eigenvalue weighted by molar-refractivity contribution is 9.10. The van der Waals surface area contributed by atoms with Crippen molar-refractivity contribution in [1.29, 1.82) is 0 Å². The standard InChI is InChI=1S/C11H11BrN4O2/c1-7-4-8(2-3-9(7)12)18-5-10(17)15-11-13-6-14-16-11/h2-4,6H,5H2,1H3,(H2,13,14,15,16,17). The van der Waals surface area contributed by atoms with Gasteiger partial charge in [-0.3, -0.25) is 10.1 Å². The Morgan fingerprint density at radius 1 is 1.56 bits per heavy atom. The number of carbonyl (C=O) groups is 1. The zero-order valence-electron chi connectivity index (χ0n) is 9.61. The van der Waals surface area contributed by atoms with Crippen molar-refractivity contribution in [2.45, 2.75) is 6.92 Å². The monoisotopic (exact) mass is 310 g/mol. The quantitative estimate of drug-likeness (QED) is 0.903. The Hall–Kier alpha value is -1.89. The predicted octanol–water partition coefficient (Wildman–Crippen LogP) is 1.89. The zero-order valence-corrected chi connectivity index (χ0v) is 11.2. The molecule has 1 aromatic heterocycles. The average molecular weight is 311 g/mol. The molecule has 1 aromatic carbocycles. The molecule has 18 heavy (non-hydrogen) atoms. The Kier molecular flexibility index (Phi) is 3.93. The number of aromatic amines is 1. The highest BCUT2D eigenvalue weighted by atomic mass is 79.9. The molecular weight excluding hydrogens is 300 g/mol. The number of benzene rings is 1. The molecule has 0 aliphatic carbocycles. The summed E-state index contributed by atoms with van der Waals surface area (Å²) in [6, 6.07) is 5.52. The maximum absolute atomic E-state index is 11.5. The highest BCUT2D eigenvalue weighted by Gasteiger charge is 2.05. The SMILES string of the molecule is Cc1cc(OCC(=O)Nc2ncn[nH]2)ccc1Br. The number of hydrogen-bond donors (Lipinski definition) is 2. The van der Waals surface area contributed by atoms with Gasteiger partial charge in [0.2, 0.25) is 5.95 Å². The number of carbonyl (C=O) groups excluding carboxylic acids is 1. The molecule has 0 spiro atoms. The van der Waals surface area contributed by atoms with Gasteiger partial charge in [0, 0.05) is 4.47 Å². The van der Waals surface area contributed by atoms with Gasteiger partial charge in [-0.2, -0.15) is 10.1 Å². The van der Waals surface area contributed by atoms with E-state index < -0.39 is 0 Å². The number of H-pyrrole nitrogens is 1. The number of aromatic nitrogens is 3. The highest BCUT2D eigenvalue weighted by Crippen LogP contribution is 2.21. The smallest absolute Gasteiger partial charge is 0.264 e. The lowest BCUT2D eigenvalue weighted by Gasteiger charge is -2.07. The average Bonchev–Trinajstić information content (AvgIpc) is 2.83. The van der Waals surface area contributed by atoms with Crippen LogP contribution in [0.3, 0.4) is 0 Å². The molecule has 0 radical (unpaired) electrons. The van der Waals surface area contributed by atoms with Crippen LogP contribution in [0.2, 0.25) is 0 Å². The van der Waals surface area contributed by atoms with E-state index in [-0.39, 0.29) is 12.5 Å². The maximum Gasteiger partial charge on any atom is 0.264 e. The van der Waals surface area contributed by atoms with Gasteiger partial charge in [-0.15, -0.1) is 0 Å². The van der Waals surface area contributed by atoms with Crippen molar-refractivity contribution in [3.8, 4) is 5.75 Å². The predicted molar refractivity (Wildman–Crippen MR) is 69.4 cm³/mol. The van der Waals surface area contributed by atoms with Crippen LogP contribution in [0.4, 0.5) is 5.95 Å². The molecule has 7 heteroatoms. The van der Waals surface area contributed by atoms with Gasteiger partial charge in [-0.1, -0.05) is 15.9 Å². The molecule has 94 valence electrons. The van der Waals surface area contributed by atoms with E-state index in [1.54, 1.807) is 6.07 Å². The van der Waals surface area contributed by atoms with Crippen molar-refractivity contribution >= 4 is 27.8 Å². The lowest BCUT2D eigenvalue weighted by atomic mass is 10.2. The number of anilines is 1. The van der Waals surface area contributed by atoms with Crippen LogP contribution in [-0.4, -0.2) is 27.7 Å². The molecule has 0 atom stereocenters. The summed E-state index contributed by atoms with van der Waals surface area (Å²) in [5, 5.41) is 8.66. The Bertz CT molecular complexity index is 542. The van der Waals surface area contributed by atoms with Crippen molar-refractivity contribution < 1.29 is 9.53 Å². The van der Waals surface area contributed by atoms with Gasteiger partial charge in [-0.25, -0.2) is 5.10 Å². The second-order valence-corrected chi connectivity index (χ2v) is 4.44. The number of nitrogens with one attached hydrogen (secondary N) is 2. The van der Waals surface area contributed by atoms with Gasteiger partial charge in [0.25, 0.3) is 5.91 Å². The number of amides is 1. The molecule has 6 nitrogen and oxygen atoms in total. The number of hydrogen-bond acceptors (Lipinski definition) is 4. The third-order valence-corrected chi connectivity index (χ3v) is 3.06. The van der Waals surface area contributed by atoms with Crippen LogP contribution in [0.15, 0.2) is 29.0 Å². The van der Waals surface area contributed by atoms with Crippen LogP contribution in [0, 0.1) is 6.92 Å². The summed E-state index contributed by atoms with van der Waals surface area (Å²) in [5.74, 6) is 0.645. The second-order valence-electron chi connectivity index (χ2n) is 3.58. The van der Waals surface area contributed by atoms with Gasteiger partial charge in [0.1, 0.15) is 12.1 Å². The van der Waals surface area contributed by atoms with E-state index in [0.29, 0.717) is 11.7 Å². The van der Waals surface area contributed by atoms with E-state index in [4.69, 9.17) is 4.74 Å². The fourth-order valence-corrected chi connectivity index (χ4v) is 1.54. The first-order valence-electron chi connectivity index (χ1n) is 5.19. The lowest BCUT2D eigenvalue weighted by molar-refractivity contribution is -0.118. The summed E-state index contributed by atoms with van der Waals surface area (Å²) in [6.07, 6.45) is 1.31. The van der Waals surface area contributed by atoms with Crippen LogP contribution in [0.1, 0.15) is 5.56 Å². The summed E-state index contributed by atoms with van der Waals surface area (Å²) in [7, 11) is 0. The largest absolute Gasteiger partial charge is 0.484 e. The van der Waals surface area contributed by atoms with Crippen LogP contribution in [-0.2, 0) is 4.79 Å². The number of aryl methyl sites for hydroxylation is 1. The molecular formula is C11H11BrN4O2. The molecule has 0 aliphatic rings. The summed E-state index contributed by atoms with van der Waals surface area (Å²) in [6.45, 7) is 1.87. The van der Waals surface area contributed by atoms with Crippen LogP contribution in [0.5, 0.6) is 5.75 Å². The number of halogens is 1. The Morgan fingerprint density at radius 2 is 2.39 bits per heavy atom. The Balaban J connectivity index is 1.87. The van der Waals surface area contributed by atoms with Crippen molar-refractivity contribution in [1.82, 2.24) is 15.2 Å². The van der Waals surface area contributed by atoms with Crippen molar-refractivity contribution in [2.24, 2.45) is 0 Å². The molecule has 1 amide bonds. The van der Waals surface area contributed by atoms with E-state index in [9.17, 15) is 4.79 Å². The van der Waals surface area contributed by atoms with Crippen LogP contribution in [0.25, 0.3) is 0 Å². The van der Waals surface area contributed by atoms with Crippen molar-refractivity contribution in [3.05, 3.63) is 34.6 Å². The first kappa shape index (κ1) is 12.6. The molecule has 0 aliphatic heterocycles. The number of ether oxygens (including phenoxy) is 1. The topological polar surface area (TPSA) is 79.9 Å². The van der Waals surface area contributed by atoms with Gasteiger partial charge < -0.3 is 4.74 Å². The molecule has 2 N–H and O–H groups in total. The molecule has 0 bridgehead atoms. The molecule has 2 rings (SSSR count). The zero-order chi connectivity index (χ0) is 13.0. The minimum atomic E-state index is -0.299. The van der Waals surface area contributed by atoms with E-state index in [1.165, 1.54) is 6.33 Å². The van der Waals surface area contributed by atoms with Gasteiger partial charge >= 0.3 is 0 Å². The molecule has 2 aromatic rings. The third kappa shape index (κ3) is 3.30. The normalized spacial score (nSPS) is 10.1. The molecule has 1 heterocycles. The van der Waals surface area contributed by atoms with Crippen LogP contribution < -0.4 is 10.1 Å². The van der Waals surface area contributed by atoms with Crippen molar-refractivity contribution in [2.75, 3.05) is 11.9 Å². The molecule has 0 saturated heterocycles. The first-order valence-corrected chi connectivity index (χ1v) is 5.98. The van der Waals surface area contributed by atoms with E-state index in [1.807, 2.05) is 19.1 Å². The van der Waals surface area contributed by atoms with Crippen LogP contribution >= 0.6 is 15.9 Å². The van der Waals surface area contributed by atoms with Crippen molar-refractivity contribution in [3.63, 3.8) is 0 Å². The summed E-state index contributed by atoms with van der Waals surface area (Å²) < 4.78 is 6.36. The minimum Gasteiger partial charge on any atom is -0.484 e. The van der Waals surface area contributed by atoms with Gasteiger partial charge in [-0.05, 0) is 30.7 Å². The van der Waals surface area contributed by atoms with Gasteiger partial charge in [0.15, 0.2) is 6.61 Å². The minimum absolute atomic E-state index is 0.0816. The molecule has 0 fully saturated rings. The summed E-state index contributed by atoms with van der Waals surface area (Å²) in [4.78, 5) is 15.3. The summed E-state index contributed by atoms with van der Waals surface area (Å²) >= 11 is 3.40. The van der Waals surface area contributed by atoms with E-state index in [2.05, 4.69) is 36.4 Å². The Morgan fingerprint density at radius 3 is 3.06 bits per heavy atom. The summed E-state index contributed by atoms with van der Waals surface area (Å²) in [5.41, 5.74) is 1.04. The Labute approximate surface area is 112 Å². The fraction of sp³-hybridized carbons (Fsp3) is 0.182. The third-order valence-electron chi connectivity index (χ3n) is 2.17. The number of nitrogens with zero attached hydrogens (tertiary/aromatic N) is 2. The fourth-order valence-electron chi connectivity index (χ4n) is 1.29. The maximum atomic E-state index is 11.5. The second kappa shape index (κ2) is 5.63. The number of rotatable bonds is 4. The van der Waals surface area contributed by atoms with Gasteiger partial charge in [0.05, 0.1) is 0 Å². The first-order chi connectivity index (χ1) is 8.65.